The van der Waals surface area contributed by atoms with Gasteiger partial charge in [0.1, 0.15) is 18.2 Å². The predicted octanol–water partition coefficient (Wildman–Crippen LogP) is 3.01. The van der Waals surface area contributed by atoms with E-state index >= 15 is 0 Å². The minimum Gasteiger partial charge on any atom is -0.376 e. The summed E-state index contributed by atoms with van der Waals surface area (Å²) in [5.74, 6) is -1.05. The van der Waals surface area contributed by atoms with Gasteiger partial charge in [0.15, 0.2) is 10.8 Å². The minimum atomic E-state index is -0.517. The molecule has 1 aromatic carbocycles. The van der Waals surface area contributed by atoms with E-state index in [1.165, 1.54) is 22.9 Å². The zero-order chi connectivity index (χ0) is 16.6. The first-order valence-corrected chi connectivity index (χ1v) is 7.86. The number of para-hydroxylation sites is 1. The molecule has 0 unspecified atom stereocenters. The van der Waals surface area contributed by atoms with Crippen LogP contribution in [0.25, 0.3) is 10.9 Å². The van der Waals surface area contributed by atoms with Gasteiger partial charge in [0.2, 0.25) is 5.78 Å². The third kappa shape index (κ3) is 2.58. The van der Waals surface area contributed by atoms with Crippen LogP contribution in [-0.4, -0.2) is 26.2 Å². The zero-order valence-electron chi connectivity index (χ0n) is 12.2. The Morgan fingerprint density at radius 3 is 2.87 bits per heavy atom. The Morgan fingerprint density at radius 1 is 1.39 bits per heavy atom. The molecule has 0 saturated carbocycles. The lowest BCUT2D eigenvalue weighted by molar-refractivity contribution is 0.0984. The second-order valence-electron chi connectivity index (χ2n) is 4.93. The normalized spacial score (nSPS) is 11.1. The molecular weight excluding hydrogens is 319 g/mol. The van der Waals surface area contributed by atoms with E-state index in [0.717, 1.165) is 11.3 Å². The van der Waals surface area contributed by atoms with Crippen molar-refractivity contribution in [2.24, 2.45) is 0 Å². The van der Waals surface area contributed by atoms with Crippen molar-refractivity contribution in [3.63, 3.8) is 0 Å². The number of aliphatic hydroxyl groups is 1. The molecule has 0 spiro atoms. The van der Waals surface area contributed by atoms with E-state index in [0.29, 0.717) is 11.8 Å². The van der Waals surface area contributed by atoms with Crippen LogP contribution >= 0.6 is 11.3 Å². The summed E-state index contributed by atoms with van der Waals surface area (Å²) in [5.41, 5.74) is 0.677. The van der Waals surface area contributed by atoms with E-state index in [4.69, 9.17) is 0 Å². The van der Waals surface area contributed by atoms with Gasteiger partial charge in [0.25, 0.3) is 0 Å². The van der Waals surface area contributed by atoms with Crippen molar-refractivity contribution in [2.75, 3.05) is 0 Å². The molecule has 0 aliphatic rings. The van der Waals surface area contributed by atoms with E-state index < -0.39 is 18.3 Å². The monoisotopic (exact) mass is 332 g/mol. The first kappa shape index (κ1) is 15.5. The standard InChI is InChI=1S/C16H13FN2O3S/c1-2-13(21)12-7-23-16(18-12)15(22)10-6-19(8-20)14-9(10)4-3-5-11(14)17/h3-7,20H,2,8H2,1H3. The lowest BCUT2D eigenvalue weighted by atomic mass is 10.1. The largest absolute Gasteiger partial charge is 0.376 e. The number of aromatic nitrogens is 2. The van der Waals surface area contributed by atoms with Gasteiger partial charge < -0.3 is 9.67 Å². The zero-order valence-corrected chi connectivity index (χ0v) is 13.1. The number of hydrogen-bond donors (Lipinski definition) is 1. The molecule has 0 fully saturated rings. The summed E-state index contributed by atoms with van der Waals surface area (Å²) < 4.78 is 15.2. The van der Waals surface area contributed by atoms with Crippen molar-refractivity contribution < 1.29 is 19.1 Å². The topological polar surface area (TPSA) is 72.2 Å². The molecular formula is C16H13FN2O3S. The van der Waals surface area contributed by atoms with Crippen LogP contribution < -0.4 is 0 Å². The van der Waals surface area contributed by atoms with Crippen molar-refractivity contribution in [3.05, 3.63) is 51.9 Å². The highest BCUT2D eigenvalue weighted by molar-refractivity contribution is 7.12. The summed E-state index contributed by atoms with van der Waals surface area (Å²) >= 11 is 1.08. The first-order valence-electron chi connectivity index (χ1n) is 6.98. The number of hydrogen-bond acceptors (Lipinski definition) is 5. The van der Waals surface area contributed by atoms with Crippen molar-refractivity contribution in [1.82, 2.24) is 9.55 Å². The molecule has 0 atom stereocenters. The van der Waals surface area contributed by atoms with E-state index in [9.17, 15) is 19.1 Å². The third-order valence-corrected chi connectivity index (χ3v) is 4.39. The maximum atomic E-state index is 14.0. The number of ketones is 2. The Morgan fingerprint density at radius 2 is 2.17 bits per heavy atom. The fourth-order valence-corrected chi connectivity index (χ4v) is 3.18. The molecule has 7 heteroatoms. The van der Waals surface area contributed by atoms with Gasteiger partial charge in [-0.05, 0) is 6.07 Å². The fraction of sp³-hybridized carbons (Fsp3) is 0.188. The average molecular weight is 332 g/mol. The first-order chi connectivity index (χ1) is 11.1. The summed E-state index contributed by atoms with van der Waals surface area (Å²) in [6.45, 7) is 1.28. The molecule has 0 saturated heterocycles. The van der Waals surface area contributed by atoms with Gasteiger partial charge in [-0.1, -0.05) is 19.1 Å². The van der Waals surface area contributed by atoms with Gasteiger partial charge in [-0.25, -0.2) is 9.37 Å². The van der Waals surface area contributed by atoms with Crippen LogP contribution in [0.2, 0.25) is 0 Å². The molecule has 23 heavy (non-hydrogen) atoms. The third-order valence-electron chi connectivity index (χ3n) is 3.55. The van der Waals surface area contributed by atoms with Crippen molar-refractivity contribution in [2.45, 2.75) is 20.1 Å². The van der Waals surface area contributed by atoms with Crippen LogP contribution in [0.4, 0.5) is 4.39 Å². The number of aliphatic hydroxyl groups excluding tert-OH is 1. The number of carbonyl (C=O) groups is 2. The summed E-state index contributed by atoms with van der Waals surface area (Å²) in [6.07, 6.45) is 1.71. The van der Waals surface area contributed by atoms with Gasteiger partial charge in [-0.2, -0.15) is 0 Å². The van der Waals surface area contributed by atoms with Crippen molar-refractivity contribution in [3.8, 4) is 0 Å². The summed E-state index contributed by atoms with van der Waals surface area (Å²) in [5, 5.41) is 11.5. The predicted molar refractivity (Wildman–Crippen MR) is 84.3 cm³/mol. The van der Waals surface area contributed by atoms with Crippen LogP contribution in [-0.2, 0) is 6.73 Å². The van der Waals surface area contributed by atoms with Crippen LogP contribution in [0.15, 0.2) is 29.8 Å². The molecule has 0 amide bonds. The number of carbonyl (C=O) groups excluding carboxylic acids is 2. The highest BCUT2D eigenvalue weighted by atomic mass is 32.1. The fourth-order valence-electron chi connectivity index (χ4n) is 2.41. The molecule has 0 aliphatic heterocycles. The Kier molecular flexibility index (Phi) is 4.06. The van der Waals surface area contributed by atoms with Gasteiger partial charge in [0, 0.05) is 23.4 Å². The van der Waals surface area contributed by atoms with Crippen LogP contribution in [0.5, 0.6) is 0 Å². The number of rotatable bonds is 5. The smallest absolute Gasteiger partial charge is 0.223 e. The van der Waals surface area contributed by atoms with Crippen molar-refractivity contribution in [1.29, 1.82) is 0 Å². The molecule has 2 heterocycles. The van der Waals surface area contributed by atoms with E-state index in [1.807, 2.05) is 0 Å². The van der Waals surface area contributed by atoms with Crippen molar-refractivity contribution >= 4 is 33.8 Å². The van der Waals surface area contributed by atoms with Crippen LogP contribution in [0.1, 0.15) is 39.2 Å². The Balaban J connectivity index is 2.10. The lowest BCUT2D eigenvalue weighted by Gasteiger charge is -1.99. The maximum Gasteiger partial charge on any atom is 0.223 e. The Bertz CT molecular complexity index is 913. The maximum absolute atomic E-state index is 14.0. The van der Waals surface area contributed by atoms with Gasteiger partial charge in [-0.15, -0.1) is 11.3 Å². The Hall–Kier alpha value is -2.38. The minimum absolute atomic E-state index is 0.135. The number of Topliss-reactive ketones (excluding diaryl/α,β-unsaturated/α-hetero) is 1. The summed E-state index contributed by atoms with van der Waals surface area (Å²) in [4.78, 5) is 28.4. The quantitative estimate of drug-likeness (QED) is 0.729. The van der Waals surface area contributed by atoms with Gasteiger partial charge in [0.05, 0.1) is 11.1 Å². The highest BCUT2D eigenvalue weighted by Gasteiger charge is 2.22. The van der Waals surface area contributed by atoms with Crippen LogP contribution in [0, 0.1) is 5.82 Å². The molecule has 0 bridgehead atoms. The van der Waals surface area contributed by atoms with E-state index in [1.54, 1.807) is 18.4 Å². The van der Waals surface area contributed by atoms with Gasteiger partial charge in [-0.3, -0.25) is 9.59 Å². The molecule has 5 nitrogen and oxygen atoms in total. The number of thiazole rings is 1. The average Bonchev–Trinajstić information content (AvgIpc) is 3.19. The summed E-state index contributed by atoms with van der Waals surface area (Å²) in [6, 6.07) is 4.39. The second kappa shape index (κ2) is 6.02. The molecule has 0 aliphatic carbocycles. The number of halogens is 1. The molecule has 3 rings (SSSR count). The second-order valence-corrected chi connectivity index (χ2v) is 5.79. The lowest BCUT2D eigenvalue weighted by Crippen LogP contribution is -2.03. The molecule has 0 radical (unpaired) electrons. The summed E-state index contributed by atoms with van der Waals surface area (Å²) in [7, 11) is 0. The highest BCUT2D eigenvalue weighted by Crippen LogP contribution is 2.27. The van der Waals surface area contributed by atoms with E-state index in [-0.39, 0.29) is 27.6 Å². The Labute approximate surface area is 135 Å². The van der Waals surface area contributed by atoms with Gasteiger partial charge >= 0.3 is 0 Å². The number of nitrogens with zero attached hydrogens (tertiary/aromatic N) is 2. The molecule has 3 aromatic rings. The molecule has 118 valence electrons. The number of fused-ring (bicyclic) bond motifs is 1. The van der Waals surface area contributed by atoms with E-state index in [2.05, 4.69) is 4.98 Å². The SMILES string of the molecule is CCC(=O)c1csc(C(=O)c2cn(CO)c3c(F)cccc23)n1. The molecule has 2 aromatic heterocycles. The molecule has 1 N–H and O–H groups in total. The van der Waals surface area contributed by atoms with Crippen LogP contribution in [0.3, 0.4) is 0 Å². The number of benzene rings is 1.